The Labute approximate surface area is 383 Å². The van der Waals surface area contributed by atoms with Crippen LogP contribution < -0.4 is 19.7 Å². The van der Waals surface area contributed by atoms with E-state index in [-0.39, 0.29) is 40.9 Å². The Morgan fingerprint density at radius 1 is 1.00 bits per heavy atom. The zero-order valence-electron chi connectivity index (χ0n) is 37.0. The van der Waals surface area contributed by atoms with E-state index in [1.807, 2.05) is 18.2 Å². The van der Waals surface area contributed by atoms with Crippen LogP contribution in [-0.4, -0.2) is 122 Å². The number of likely N-dealkylation sites (tertiary alicyclic amines) is 1. The average Bonchev–Trinajstić information content (AvgIpc) is 3.95. The van der Waals surface area contributed by atoms with E-state index in [1.165, 1.54) is 41.2 Å². The summed E-state index contributed by atoms with van der Waals surface area (Å²) in [5, 5.41) is 16.1. The van der Waals surface area contributed by atoms with Gasteiger partial charge in [0.25, 0.3) is 21.6 Å². The number of hydrogen-bond acceptors (Lipinski definition) is 12. The predicted molar refractivity (Wildman–Crippen MR) is 252 cm³/mol. The van der Waals surface area contributed by atoms with Gasteiger partial charge in [-0.3, -0.25) is 24.6 Å². The van der Waals surface area contributed by atoms with Crippen LogP contribution in [0, 0.1) is 15.5 Å². The van der Waals surface area contributed by atoms with Gasteiger partial charge in [0.2, 0.25) is 5.91 Å². The molecular formula is C47H54ClN9O7S. The average molecular weight is 925 g/mol. The van der Waals surface area contributed by atoms with E-state index < -0.39 is 31.4 Å². The molecule has 18 heteroatoms. The van der Waals surface area contributed by atoms with Gasteiger partial charge in [-0.25, -0.2) is 18.1 Å². The van der Waals surface area contributed by atoms with E-state index in [1.54, 1.807) is 48.2 Å². The highest BCUT2D eigenvalue weighted by Gasteiger charge is 2.32. The Hall–Kier alpha value is -6.01. The summed E-state index contributed by atoms with van der Waals surface area (Å²) >= 11 is 6.25. The summed E-state index contributed by atoms with van der Waals surface area (Å²) in [6, 6.07) is 21.7. The highest BCUT2D eigenvalue weighted by molar-refractivity contribution is 7.90. The molecule has 4 aromatic carbocycles. The number of likely N-dealkylation sites (N-methyl/N-ethyl adjacent to an activating group) is 1. The van der Waals surface area contributed by atoms with Crippen molar-refractivity contribution >= 4 is 67.1 Å². The van der Waals surface area contributed by atoms with Crippen LogP contribution >= 0.6 is 11.6 Å². The van der Waals surface area contributed by atoms with Gasteiger partial charge in [-0.15, -0.1) is 0 Å². The van der Waals surface area contributed by atoms with Crippen LogP contribution in [0.25, 0.3) is 16.6 Å². The molecule has 3 N–H and O–H groups in total. The lowest BCUT2D eigenvalue weighted by Gasteiger charge is -2.39. The number of imidazole rings is 1. The first kappa shape index (κ1) is 45.6. The molecule has 0 radical (unpaired) electrons. The molecule has 2 amide bonds. The molecule has 2 saturated heterocycles. The zero-order chi connectivity index (χ0) is 46.0. The number of nitrogens with zero attached hydrogens (tertiary/aromatic N) is 6. The Bertz CT molecular complexity index is 2750. The van der Waals surface area contributed by atoms with Crippen molar-refractivity contribution in [1.82, 2.24) is 29.4 Å². The molecule has 16 nitrogen and oxygen atoms in total. The summed E-state index contributed by atoms with van der Waals surface area (Å²) < 4.78 is 36.1. The van der Waals surface area contributed by atoms with Gasteiger partial charge in [0, 0.05) is 74.7 Å². The summed E-state index contributed by atoms with van der Waals surface area (Å²) in [5.41, 5.74) is 5.88. The number of aromatic amines is 1. The number of para-hydroxylation sites is 1. The predicted octanol–water partition coefficient (Wildman–Crippen LogP) is 7.40. The number of carbonyl (C=O) groups excluding carboxylic acids is 2. The lowest BCUT2D eigenvalue weighted by atomic mass is 9.72. The highest BCUT2D eigenvalue weighted by Crippen LogP contribution is 2.43. The second-order valence-corrected chi connectivity index (χ2v) is 20.2. The molecule has 0 saturated carbocycles. The van der Waals surface area contributed by atoms with Crippen molar-refractivity contribution in [3.8, 4) is 11.5 Å². The molecule has 5 aromatic rings. The van der Waals surface area contributed by atoms with Gasteiger partial charge < -0.3 is 29.7 Å². The number of halogens is 1. The summed E-state index contributed by atoms with van der Waals surface area (Å²) in [4.78, 5) is 53.3. The number of benzene rings is 4. The number of nitrogens with one attached hydrogen (secondary N) is 3. The number of fused-ring (bicyclic) bond motifs is 1. The third kappa shape index (κ3) is 10.6. The fourth-order valence-corrected chi connectivity index (χ4v) is 10.0. The van der Waals surface area contributed by atoms with Gasteiger partial charge in [-0.1, -0.05) is 49.2 Å². The zero-order valence-corrected chi connectivity index (χ0v) is 38.5. The molecule has 1 aliphatic carbocycles. The molecule has 1 aromatic heterocycles. The number of sulfonamides is 1. The maximum atomic E-state index is 14.0. The number of allylic oxidation sites excluding steroid dienone is 1. The number of rotatable bonds is 14. The fraction of sp³-hybridized carbons (Fsp3) is 0.383. The van der Waals surface area contributed by atoms with Crippen LogP contribution in [0.4, 0.5) is 17.1 Å². The number of H-pyrrole nitrogens is 1. The summed E-state index contributed by atoms with van der Waals surface area (Å²) in [6.07, 6.45) is 5.26. The number of piperazine rings is 1. The minimum Gasteiger partial charge on any atom is -0.454 e. The van der Waals surface area contributed by atoms with Crippen molar-refractivity contribution in [2.45, 2.75) is 50.5 Å². The van der Waals surface area contributed by atoms with E-state index in [0.717, 1.165) is 55.7 Å². The number of carbonyl (C=O) groups is 2. The first-order valence-corrected chi connectivity index (χ1v) is 23.6. The number of nitro benzene ring substituents is 1. The lowest BCUT2D eigenvalue weighted by Crippen LogP contribution is -2.47. The van der Waals surface area contributed by atoms with E-state index >= 15 is 0 Å². The van der Waals surface area contributed by atoms with Crippen molar-refractivity contribution in [2.24, 2.45) is 5.41 Å². The van der Waals surface area contributed by atoms with Crippen LogP contribution in [0.2, 0.25) is 5.02 Å². The van der Waals surface area contributed by atoms with E-state index in [0.29, 0.717) is 49.4 Å². The largest absolute Gasteiger partial charge is 0.454 e. The molecule has 2 fully saturated rings. The number of nitro groups is 1. The van der Waals surface area contributed by atoms with Crippen molar-refractivity contribution < 1.29 is 27.7 Å². The fourth-order valence-electron chi connectivity index (χ4n) is 8.90. The van der Waals surface area contributed by atoms with Crippen molar-refractivity contribution in [3.63, 3.8) is 0 Å². The van der Waals surface area contributed by atoms with Crippen LogP contribution in [0.3, 0.4) is 0 Å². The van der Waals surface area contributed by atoms with Gasteiger partial charge in [0.15, 0.2) is 5.75 Å². The molecule has 3 aliphatic rings. The molecule has 0 bridgehead atoms. The second kappa shape index (κ2) is 18.8. The van der Waals surface area contributed by atoms with Gasteiger partial charge in [0.05, 0.1) is 33.8 Å². The van der Waals surface area contributed by atoms with Crippen molar-refractivity contribution in [1.29, 1.82) is 0 Å². The van der Waals surface area contributed by atoms with E-state index in [4.69, 9.17) is 16.3 Å². The number of aromatic nitrogens is 2. The van der Waals surface area contributed by atoms with Crippen LogP contribution in [0.5, 0.6) is 11.5 Å². The number of anilines is 2. The maximum Gasteiger partial charge on any atom is 0.293 e. The van der Waals surface area contributed by atoms with Crippen LogP contribution in [0.1, 0.15) is 55.5 Å². The second-order valence-electron chi connectivity index (χ2n) is 18.1. The Morgan fingerprint density at radius 2 is 1.77 bits per heavy atom. The number of ether oxygens (including phenoxy) is 1. The molecule has 1 atom stereocenters. The minimum absolute atomic E-state index is 0.0528. The van der Waals surface area contributed by atoms with Crippen LogP contribution in [0.15, 0.2) is 95.7 Å². The minimum atomic E-state index is -4.62. The van der Waals surface area contributed by atoms with Gasteiger partial charge in [0.1, 0.15) is 17.0 Å². The Morgan fingerprint density at radius 3 is 2.51 bits per heavy atom. The molecule has 65 heavy (non-hydrogen) atoms. The summed E-state index contributed by atoms with van der Waals surface area (Å²) in [7, 11) is -1.02. The molecule has 0 unspecified atom stereocenters. The molecule has 8 rings (SSSR count). The van der Waals surface area contributed by atoms with Crippen LogP contribution in [-0.2, 0) is 14.8 Å². The van der Waals surface area contributed by atoms with E-state index in [2.05, 4.69) is 55.8 Å². The molecule has 3 heterocycles. The summed E-state index contributed by atoms with van der Waals surface area (Å²) in [5.74, 6) is -0.572. The molecular weight excluding hydrogens is 870 g/mol. The monoisotopic (exact) mass is 923 g/mol. The third-order valence-electron chi connectivity index (χ3n) is 12.4. The molecule has 342 valence electrons. The van der Waals surface area contributed by atoms with Crippen molar-refractivity contribution in [3.05, 3.63) is 117 Å². The third-order valence-corrected chi connectivity index (χ3v) is 14.0. The van der Waals surface area contributed by atoms with Gasteiger partial charge >= 0.3 is 0 Å². The normalized spacial score (nSPS) is 18.0. The SMILES string of the molecule is CN(C)CC(=O)N1CC[C@@H](Nc2ccc(S(=O)(=O)NC(=O)c3ccc(N4CCN(CC5=C(c6ccc(Cl)cc6)CC(C)(C)CC5)CC4)cc3Oc3cccc4[nH]cnc34)cc2[N+](=O)[O-])C1. The van der Waals surface area contributed by atoms with E-state index in [9.17, 15) is 28.1 Å². The van der Waals surface area contributed by atoms with Gasteiger partial charge in [-0.2, -0.15) is 0 Å². The highest BCUT2D eigenvalue weighted by atomic mass is 35.5. The maximum absolute atomic E-state index is 14.0. The lowest BCUT2D eigenvalue weighted by molar-refractivity contribution is -0.384. The summed E-state index contributed by atoms with van der Waals surface area (Å²) in [6.45, 7) is 9.63. The Balaban J connectivity index is 0.999. The standard InChI is InChI=1S/C47H54ClN9O7S/c1-47(2)18-16-32(38(26-47)31-8-10-33(48)11-9-31)27-54-20-22-55(23-21-54)35-12-14-37(43(24-35)64-42-7-5-6-40-45(42)50-30-49-40)46(59)52-65(62,63)36-13-15-39(41(25-36)57(60)61)51-34-17-19-56(28-34)44(58)29-53(3)4/h5-15,24-25,30,34,51H,16-23,26-29H2,1-4H3,(H,49,50)(H,52,59)/t34-/m1/s1. The van der Waals surface area contributed by atoms with Gasteiger partial charge in [-0.05, 0) is 105 Å². The first-order chi connectivity index (χ1) is 31.0. The smallest absolute Gasteiger partial charge is 0.293 e. The first-order valence-electron chi connectivity index (χ1n) is 21.7. The Kier molecular flexibility index (Phi) is 13.2. The molecule has 2 aliphatic heterocycles. The van der Waals surface area contributed by atoms with Crippen molar-refractivity contribution in [2.75, 3.05) is 76.7 Å². The molecule has 0 spiro atoms. The topological polar surface area (TPSA) is 186 Å². The number of hydrogen-bond donors (Lipinski definition) is 3. The number of amides is 2. The quantitative estimate of drug-likeness (QED) is 0.0742.